The topological polar surface area (TPSA) is 32.3 Å². The SMILES string of the molecule is CCC1(C(=O)N2CCN[C@@H](C)C2)CCCC1.Cl. The lowest BCUT2D eigenvalue weighted by Gasteiger charge is -2.38. The van der Waals surface area contributed by atoms with Crippen LogP contribution in [0.4, 0.5) is 0 Å². The fourth-order valence-electron chi connectivity index (χ4n) is 3.22. The van der Waals surface area contributed by atoms with Crippen LogP contribution < -0.4 is 5.32 Å². The van der Waals surface area contributed by atoms with Crippen molar-refractivity contribution in [2.24, 2.45) is 5.41 Å². The van der Waals surface area contributed by atoms with E-state index in [2.05, 4.69) is 24.1 Å². The molecule has 0 spiro atoms. The molecule has 1 aliphatic carbocycles. The Morgan fingerprint density at radius 2 is 2.06 bits per heavy atom. The van der Waals surface area contributed by atoms with Gasteiger partial charge in [-0.2, -0.15) is 0 Å². The van der Waals surface area contributed by atoms with Crippen molar-refractivity contribution in [2.45, 2.75) is 52.0 Å². The standard InChI is InChI=1S/C13H24N2O.ClH/c1-3-13(6-4-5-7-13)12(16)15-9-8-14-11(2)10-15;/h11,14H,3-10H2,1-2H3;1H/t11-;/m0./s1. The first-order valence-corrected chi connectivity index (χ1v) is 6.71. The normalized spacial score (nSPS) is 27.6. The zero-order chi connectivity index (χ0) is 11.6. The first-order chi connectivity index (χ1) is 7.68. The van der Waals surface area contributed by atoms with Crippen molar-refractivity contribution >= 4 is 18.3 Å². The van der Waals surface area contributed by atoms with Gasteiger partial charge in [-0.3, -0.25) is 4.79 Å². The van der Waals surface area contributed by atoms with E-state index in [0.29, 0.717) is 11.9 Å². The van der Waals surface area contributed by atoms with Crippen LogP contribution in [-0.4, -0.2) is 36.5 Å². The van der Waals surface area contributed by atoms with Gasteiger partial charge in [-0.25, -0.2) is 0 Å². The van der Waals surface area contributed by atoms with Crippen molar-refractivity contribution in [2.75, 3.05) is 19.6 Å². The maximum absolute atomic E-state index is 12.6. The lowest BCUT2D eigenvalue weighted by atomic mass is 9.81. The van der Waals surface area contributed by atoms with Crippen molar-refractivity contribution < 1.29 is 4.79 Å². The zero-order valence-corrected chi connectivity index (χ0v) is 11.8. The van der Waals surface area contributed by atoms with E-state index in [4.69, 9.17) is 0 Å². The van der Waals surface area contributed by atoms with Crippen LogP contribution in [0.15, 0.2) is 0 Å². The number of nitrogens with zero attached hydrogens (tertiary/aromatic N) is 1. The van der Waals surface area contributed by atoms with Crippen molar-refractivity contribution in [3.8, 4) is 0 Å². The van der Waals surface area contributed by atoms with Gasteiger partial charge in [0.15, 0.2) is 0 Å². The molecule has 1 aliphatic heterocycles. The number of carbonyl (C=O) groups is 1. The second kappa shape index (κ2) is 6.05. The summed E-state index contributed by atoms with van der Waals surface area (Å²) in [4.78, 5) is 14.7. The quantitative estimate of drug-likeness (QED) is 0.826. The van der Waals surface area contributed by atoms with E-state index in [0.717, 1.165) is 38.9 Å². The number of rotatable bonds is 2. The summed E-state index contributed by atoms with van der Waals surface area (Å²) in [7, 11) is 0. The minimum Gasteiger partial charge on any atom is -0.339 e. The van der Waals surface area contributed by atoms with Gasteiger partial charge in [0.05, 0.1) is 0 Å². The molecule has 0 aromatic rings. The summed E-state index contributed by atoms with van der Waals surface area (Å²) in [5, 5.41) is 3.39. The maximum Gasteiger partial charge on any atom is 0.228 e. The highest BCUT2D eigenvalue weighted by Gasteiger charge is 2.42. The molecule has 1 saturated carbocycles. The van der Waals surface area contributed by atoms with Crippen LogP contribution in [0, 0.1) is 5.41 Å². The van der Waals surface area contributed by atoms with E-state index < -0.39 is 0 Å². The summed E-state index contributed by atoms with van der Waals surface area (Å²) in [5.74, 6) is 0.431. The molecule has 0 bridgehead atoms. The van der Waals surface area contributed by atoms with Crippen molar-refractivity contribution in [3.05, 3.63) is 0 Å². The van der Waals surface area contributed by atoms with E-state index >= 15 is 0 Å². The van der Waals surface area contributed by atoms with Crippen LogP contribution in [0.1, 0.15) is 46.0 Å². The van der Waals surface area contributed by atoms with Crippen LogP contribution >= 0.6 is 12.4 Å². The average molecular weight is 261 g/mol. The molecule has 2 aliphatic rings. The Balaban J connectivity index is 0.00000144. The number of hydrogen-bond acceptors (Lipinski definition) is 2. The molecule has 1 heterocycles. The fraction of sp³-hybridized carbons (Fsp3) is 0.923. The lowest BCUT2D eigenvalue weighted by Crippen LogP contribution is -2.54. The molecule has 3 nitrogen and oxygen atoms in total. The minimum atomic E-state index is -0.00292. The monoisotopic (exact) mass is 260 g/mol. The Labute approximate surface area is 111 Å². The number of carbonyl (C=O) groups excluding carboxylic acids is 1. The van der Waals surface area contributed by atoms with Crippen molar-refractivity contribution in [3.63, 3.8) is 0 Å². The highest BCUT2D eigenvalue weighted by Crippen LogP contribution is 2.42. The Morgan fingerprint density at radius 1 is 1.41 bits per heavy atom. The minimum absolute atomic E-state index is 0. The molecule has 0 aromatic carbocycles. The van der Waals surface area contributed by atoms with Crippen LogP contribution in [0.25, 0.3) is 0 Å². The molecule has 1 amide bonds. The largest absolute Gasteiger partial charge is 0.339 e. The van der Waals surface area contributed by atoms with Crippen LogP contribution in [0.3, 0.4) is 0 Å². The predicted molar refractivity (Wildman–Crippen MR) is 72.5 cm³/mol. The number of hydrogen-bond donors (Lipinski definition) is 1. The Kier molecular flexibility index (Phi) is 5.26. The molecule has 17 heavy (non-hydrogen) atoms. The summed E-state index contributed by atoms with van der Waals surface area (Å²) >= 11 is 0. The molecule has 2 fully saturated rings. The van der Waals surface area contributed by atoms with E-state index in [-0.39, 0.29) is 17.8 Å². The van der Waals surface area contributed by atoms with Crippen LogP contribution in [0.2, 0.25) is 0 Å². The summed E-state index contributed by atoms with van der Waals surface area (Å²) < 4.78 is 0. The molecule has 100 valence electrons. The third-order valence-corrected chi connectivity index (χ3v) is 4.35. The fourth-order valence-corrected chi connectivity index (χ4v) is 3.22. The van der Waals surface area contributed by atoms with Gasteiger partial charge in [0.1, 0.15) is 0 Å². The summed E-state index contributed by atoms with van der Waals surface area (Å²) in [5.41, 5.74) is -0.00292. The Bertz CT molecular complexity index is 264. The molecule has 1 N–H and O–H groups in total. The predicted octanol–water partition coefficient (Wildman–Crippen LogP) is 2.20. The summed E-state index contributed by atoms with van der Waals surface area (Å²) in [6.07, 6.45) is 5.72. The summed E-state index contributed by atoms with van der Waals surface area (Å²) in [6, 6.07) is 0.452. The van der Waals surface area contributed by atoms with Gasteiger partial charge in [-0.1, -0.05) is 19.8 Å². The Morgan fingerprint density at radius 3 is 2.59 bits per heavy atom. The second-order valence-electron chi connectivity index (χ2n) is 5.45. The molecule has 1 saturated heterocycles. The van der Waals surface area contributed by atoms with Gasteiger partial charge in [0.2, 0.25) is 5.91 Å². The van der Waals surface area contributed by atoms with Crippen molar-refractivity contribution in [1.82, 2.24) is 10.2 Å². The molecule has 0 radical (unpaired) electrons. The van der Waals surface area contributed by atoms with E-state index in [1.54, 1.807) is 0 Å². The first kappa shape index (κ1) is 14.8. The van der Waals surface area contributed by atoms with Gasteiger partial charge in [0, 0.05) is 31.1 Å². The van der Waals surface area contributed by atoms with Gasteiger partial charge in [-0.05, 0) is 26.2 Å². The number of halogens is 1. The number of amides is 1. The molecule has 0 unspecified atom stereocenters. The first-order valence-electron chi connectivity index (χ1n) is 6.71. The van der Waals surface area contributed by atoms with E-state index in [9.17, 15) is 4.79 Å². The smallest absolute Gasteiger partial charge is 0.228 e. The average Bonchev–Trinajstić information content (AvgIpc) is 2.78. The van der Waals surface area contributed by atoms with Gasteiger partial charge in [0.25, 0.3) is 0 Å². The molecule has 4 heteroatoms. The van der Waals surface area contributed by atoms with Gasteiger partial charge in [-0.15, -0.1) is 12.4 Å². The number of nitrogens with one attached hydrogen (secondary N) is 1. The number of piperazine rings is 1. The van der Waals surface area contributed by atoms with E-state index in [1.807, 2.05) is 0 Å². The second-order valence-corrected chi connectivity index (χ2v) is 5.45. The summed E-state index contributed by atoms with van der Waals surface area (Å²) in [6.45, 7) is 7.07. The highest BCUT2D eigenvalue weighted by atomic mass is 35.5. The third kappa shape index (κ3) is 2.94. The highest BCUT2D eigenvalue weighted by molar-refractivity contribution is 5.85. The molecular formula is C13H25ClN2O. The molecular weight excluding hydrogens is 236 g/mol. The molecule has 2 rings (SSSR count). The third-order valence-electron chi connectivity index (χ3n) is 4.35. The van der Waals surface area contributed by atoms with E-state index in [1.165, 1.54) is 12.8 Å². The maximum atomic E-state index is 12.6. The van der Waals surface area contributed by atoms with Gasteiger partial charge >= 0.3 is 0 Å². The molecule has 1 atom stereocenters. The zero-order valence-electron chi connectivity index (χ0n) is 11.0. The van der Waals surface area contributed by atoms with Crippen LogP contribution in [0.5, 0.6) is 0 Å². The van der Waals surface area contributed by atoms with Crippen LogP contribution in [-0.2, 0) is 4.79 Å². The Hall–Kier alpha value is -0.280. The van der Waals surface area contributed by atoms with Gasteiger partial charge < -0.3 is 10.2 Å². The molecule has 0 aromatic heterocycles. The van der Waals surface area contributed by atoms with Crippen molar-refractivity contribution in [1.29, 1.82) is 0 Å². The lowest BCUT2D eigenvalue weighted by molar-refractivity contribution is -0.143.